The van der Waals surface area contributed by atoms with Crippen LogP contribution in [-0.4, -0.2) is 29.3 Å². The van der Waals surface area contributed by atoms with Crippen LogP contribution in [0.2, 0.25) is 0 Å². The first-order valence-corrected chi connectivity index (χ1v) is 5.04. The van der Waals surface area contributed by atoms with E-state index < -0.39 is 41.9 Å². The van der Waals surface area contributed by atoms with Gasteiger partial charge in [0.15, 0.2) is 17.4 Å². The normalized spacial score (nSPS) is 14.1. The second-order valence-corrected chi connectivity index (χ2v) is 3.70. The number of primary amides is 1. The summed E-state index contributed by atoms with van der Waals surface area (Å²) in [6.07, 6.45) is -3.67. The molecular weight excluding hydrogens is 248 g/mol. The van der Waals surface area contributed by atoms with Crippen LogP contribution in [0.3, 0.4) is 0 Å². The molecule has 0 bridgehead atoms. The lowest BCUT2D eigenvalue weighted by molar-refractivity contribution is -0.121. The summed E-state index contributed by atoms with van der Waals surface area (Å²) in [6, 6.07) is 1.63. The number of aliphatic hydroxyl groups is 2. The first kappa shape index (κ1) is 14.3. The lowest BCUT2D eigenvalue weighted by Crippen LogP contribution is -2.25. The maximum atomic E-state index is 13.3. The molecule has 0 fully saturated rings. The summed E-state index contributed by atoms with van der Waals surface area (Å²) >= 11 is 0. The summed E-state index contributed by atoms with van der Waals surface area (Å²) in [7, 11) is 1.10. The molecule has 0 spiro atoms. The Kier molecular flexibility index (Phi) is 4.57. The molecular formula is C11H13F2NO4. The van der Waals surface area contributed by atoms with Crippen molar-refractivity contribution in [2.45, 2.75) is 18.6 Å². The number of ether oxygens (including phenoxy) is 1. The molecule has 18 heavy (non-hydrogen) atoms. The van der Waals surface area contributed by atoms with Crippen molar-refractivity contribution in [3.05, 3.63) is 29.3 Å². The summed E-state index contributed by atoms with van der Waals surface area (Å²) in [5, 5.41) is 19.0. The fourth-order valence-corrected chi connectivity index (χ4v) is 1.49. The Morgan fingerprint density at radius 1 is 1.39 bits per heavy atom. The highest BCUT2D eigenvalue weighted by molar-refractivity contribution is 5.74. The van der Waals surface area contributed by atoms with Crippen LogP contribution in [0.25, 0.3) is 0 Å². The minimum atomic E-state index is -1.62. The van der Waals surface area contributed by atoms with Crippen LogP contribution in [0.4, 0.5) is 8.78 Å². The molecule has 2 unspecified atom stereocenters. The lowest BCUT2D eigenvalue weighted by Gasteiger charge is -2.17. The predicted molar refractivity (Wildman–Crippen MR) is 57.7 cm³/mol. The van der Waals surface area contributed by atoms with Gasteiger partial charge in [0, 0.05) is 0 Å². The number of hydrogen-bond donors (Lipinski definition) is 3. The number of aliphatic hydroxyl groups excluding tert-OH is 2. The molecule has 5 nitrogen and oxygen atoms in total. The van der Waals surface area contributed by atoms with Crippen LogP contribution in [0.1, 0.15) is 18.1 Å². The molecule has 0 heterocycles. The fraction of sp³-hybridized carbons (Fsp3) is 0.364. The molecule has 0 aliphatic heterocycles. The Balaban J connectivity index is 3.00. The topological polar surface area (TPSA) is 92.8 Å². The van der Waals surface area contributed by atoms with E-state index in [1.54, 1.807) is 0 Å². The Labute approximate surface area is 102 Å². The van der Waals surface area contributed by atoms with Crippen molar-refractivity contribution < 1.29 is 28.5 Å². The van der Waals surface area contributed by atoms with Crippen LogP contribution in [0.15, 0.2) is 12.1 Å². The number of hydrogen-bond acceptors (Lipinski definition) is 4. The van der Waals surface area contributed by atoms with E-state index in [2.05, 4.69) is 4.74 Å². The maximum Gasteiger partial charge on any atom is 0.220 e. The van der Waals surface area contributed by atoms with Gasteiger partial charge in [-0.2, -0.15) is 0 Å². The largest absolute Gasteiger partial charge is 0.491 e. The predicted octanol–water partition coefficient (Wildman–Crippen LogP) is 0.243. The van der Waals surface area contributed by atoms with Gasteiger partial charge < -0.3 is 20.7 Å². The van der Waals surface area contributed by atoms with Crippen molar-refractivity contribution in [2.24, 2.45) is 5.73 Å². The van der Waals surface area contributed by atoms with Gasteiger partial charge in [-0.1, -0.05) is 0 Å². The number of carbonyl (C=O) groups is 1. The number of benzene rings is 1. The number of carbonyl (C=O) groups excluding carboxylic acids is 1. The van der Waals surface area contributed by atoms with Crippen LogP contribution in [-0.2, 0) is 4.79 Å². The molecule has 1 rings (SSSR count). The Bertz CT molecular complexity index is 430. The van der Waals surface area contributed by atoms with E-state index in [0.29, 0.717) is 0 Å². The number of nitrogens with two attached hydrogens (primary N) is 1. The second kappa shape index (κ2) is 5.74. The third-order valence-corrected chi connectivity index (χ3v) is 2.34. The van der Waals surface area contributed by atoms with Gasteiger partial charge in [0.2, 0.25) is 5.91 Å². The Morgan fingerprint density at radius 2 is 1.89 bits per heavy atom. The molecule has 1 aromatic rings. The second-order valence-electron chi connectivity index (χ2n) is 3.70. The average Bonchev–Trinajstić information content (AvgIpc) is 2.26. The SMILES string of the molecule is COc1c(F)cc(C(O)C(O)CC(N)=O)cc1F. The molecule has 0 aromatic heterocycles. The number of rotatable bonds is 5. The first-order valence-electron chi connectivity index (χ1n) is 5.04. The highest BCUT2D eigenvalue weighted by atomic mass is 19.1. The molecule has 0 aliphatic carbocycles. The van der Waals surface area contributed by atoms with Gasteiger partial charge in [-0.05, 0) is 17.7 Å². The summed E-state index contributed by atoms with van der Waals surface area (Å²) in [5.74, 6) is -3.46. The number of methoxy groups -OCH3 is 1. The van der Waals surface area contributed by atoms with E-state index in [1.807, 2.05) is 0 Å². The maximum absolute atomic E-state index is 13.3. The highest BCUT2D eigenvalue weighted by Gasteiger charge is 2.23. The number of amides is 1. The average molecular weight is 261 g/mol. The van der Waals surface area contributed by atoms with Gasteiger partial charge in [-0.3, -0.25) is 4.79 Å². The van der Waals surface area contributed by atoms with Gasteiger partial charge in [0.1, 0.15) is 6.10 Å². The van der Waals surface area contributed by atoms with Crippen molar-refractivity contribution >= 4 is 5.91 Å². The summed E-state index contributed by atoms with van der Waals surface area (Å²) in [4.78, 5) is 10.6. The summed E-state index contributed by atoms with van der Waals surface area (Å²) in [6.45, 7) is 0. The van der Waals surface area contributed by atoms with Crippen molar-refractivity contribution in [2.75, 3.05) is 7.11 Å². The van der Waals surface area contributed by atoms with E-state index in [1.165, 1.54) is 0 Å². The van der Waals surface area contributed by atoms with E-state index >= 15 is 0 Å². The van der Waals surface area contributed by atoms with Gasteiger partial charge in [0.25, 0.3) is 0 Å². The smallest absolute Gasteiger partial charge is 0.220 e. The van der Waals surface area contributed by atoms with Crippen LogP contribution >= 0.6 is 0 Å². The highest BCUT2D eigenvalue weighted by Crippen LogP contribution is 2.27. The summed E-state index contributed by atoms with van der Waals surface area (Å²) in [5.41, 5.74) is 4.63. The molecule has 0 saturated heterocycles. The molecule has 1 aromatic carbocycles. The molecule has 0 aliphatic rings. The van der Waals surface area contributed by atoms with Crippen molar-refractivity contribution in [3.63, 3.8) is 0 Å². The zero-order valence-electron chi connectivity index (χ0n) is 9.56. The standard InChI is InChI=1S/C11H13F2NO4/c1-18-11-6(12)2-5(3-7(11)13)10(17)8(15)4-9(14)16/h2-3,8,10,15,17H,4H2,1H3,(H2,14,16). The van der Waals surface area contributed by atoms with Crippen LogP contribution < -0.4 is 10.5 Å². The quantitative estimate of drug-likeness (QED) is 0.708. The van der Waals surface area contributed by atoms with E-state index in [4.69, 9.17) is 5.73 Å². The van der Waals surface area contributed by atoms with Crippen LogP contribution in [0.5, 0.6) is 5.75 Å². The summed E-state index contributed by atoms with van der Waals surface area (Å²) < 4.78 is 31.2. The van der Waals surface area contributed by atoms with Gasteiger partial charge in [-0.15, -0.1) is 0 Å². The van der Waals surface area contributed by atoms with Crippen molar-refractivity contribution in [1.82, 2.24) is 0 Å². The molecule has 100 valence electrons. The van der Waals surface area contributed by atoms with Gasteiger partial charge in [-0.25, -0.2) is 8.78 Å². The molecule has 4 N–H and O–H groups in total. The van der Waals surface area contributed by atoms with E-state index in [-0.39, 0.29) is 5.56 Å². The van der Waals surface area contributed by atoms with Gasteiger partial charge in [0.05, 0.1) is 19.6 Å². The van der Waals surface area contributed by atoms with Gasteiger partial charge >= 0.3 is 0 Å². The van der Waals surface area contributed by atoms with E-state index in [9.17, 15) is 23.8 Å². The Hall–Kier alpha value is -1.73. The fourth-order valence-electron chi connectivity index (χ4n) is 1.49. The minimum Gasteiger partial charge on any atom is -0.491 e. The lowest BCUT2D eigenvalue weighted by atomic mass is 10.0. The third-order valence-electron chi connectivity index (χ3n) is 2.34. The van der Waals surface area contributed by atoms with Crippen molar-refractivity contribution in [1.29, 1.82) is 0 Å². The van der Waals surface area contributed by atoms with E-state index in [0.717, 1.165) is 19.2 Å². The molecule has 0 radical (unpaired) electrons. The molecule has 1 amide bonds. The molecule has 0 saturated carbocycles. The molecule has 2 atom stereocenters. The Morgan fingerprint density at radius 3 is 2.28 bits per heavy atom. The minimum absolute atomic E-state index is 0.209. The zero-order chi connectivity index (χ0) is 13.9. The van der Waals surface area contributed by atoms with Crippen LogP contribution in [0, 0.1) is 11.6 Å². The van der Waals surface area contributed by atoms with Crippen molar-refractivity contribution in [3.8, 4) is 5.75 Å². The first-order chi connectivity index (χ1) is 8.36. The monoisotopic (exact) mass is 261 g/mol. The number of halogens is 2. The zero-order valence-corrected chi connectivity index (χ0v) is 9.56. The molecule has 7 heteroatoms. The third kappa shape index (κ3) is 3.14.